The van der Waals surface area contributed by atoms with Crippen LogP contribution < -0.4 is 0 Å². The lowest BCUT2D eigenvalue weighted by Crippen LogP contribution is -2.70. The van der Waals surface area contributed by atoms with Crippen LogP contribution in [-0.2, 0) is 33.2 Å². The molecule has 8 aliphatic rings. The number of fused-ring (bicyclic) bond motifs is 7. The van der Waals surface area contributed by atoms with Crippen molar-refractivity contribution in [3.05, 3.63) is 11.6 Å². The largest absolute Gasteiger partial charge is 0.396 e. The zero-order chi connectivity index (χ0) is 48.3. The summed E-state index contributed by atoms with van der Waals surface area (Å²) in [6.45, 7) is 13.5. The van der Waals surface area contributed by atoms with Crippen LogP contribution in [0.2, 0.25) is 0 Å². The van der Waals surface area contributed by atoms with Crippen molar-refractivity contribution in [1.29, 1.82) is 0 Å². The Hall–Kier alpha value is -0.980. The zero-order valence-corrected chi connectivity index (χ0v) is 39.9. The highest BCUT2D eigenvalue weighted by molar-refractivity contribution is 5.37. The van der Waals surface area contributed by atoms with Gasteiger partial charge in [0.1, 0.15) is 61.0 Å². The van der Waals surface area contributed by atoms with Crippen LogP contribution in [0.25, 0.3) is 0 Å². The number of hydrogen-bond donors (Lipinski definition) is 11. The summed E-state index contributed by atoms with van der Waals surface area (Å²) in [4.78, 5) is 0. The number of aliphatic hydroxyl groups is 11. The topological polar surface area (TPSA) is 287 Å². The van der Waals surface area contributed by atoms with E-state index in [2.05, 4.69) is 40.7 Å². The number of rotatable bonds is 11. The van der Waals surface area contributed by atoms with Crippen molar-refractivity contribution >= 4 is 0 Å². The SMILES string of the molecule is COC1C=C2C3CC(C)(C)CCC3(CO)C(O)CC2(C)C2(C)CCC3C(C)(CO)C(OC4OC(C)C(O)C(OC5OC(CO)C(OC6OC(CO)C(O)C6O)C(O)C5O)C4O)CCC3(C)C12. The van der Waals surface area contributed by atoms with Crippen LogP contribution in [0.4, 0.5) is 0 Å². The highest BCUT2D eigenvalue weighted by atomic mass is 16.8. The first-order chi connectivity index (χ1) is 30.9. The molecule has 0 aromatic carbocycles. The van der Waals surface area contributed by atoms with Gasteiger partial charge in [0, 0.05) is 23.9 Å². The molecule has 5 aliphatic carbocycles. The molecular formula is C48H80O18. The van der Waals surface area contributed by atoms with Crippen LogP contribution in [0.1, 0.15) is 99.8 Å². The summed E-state index contributed by atoms with van der Waals surface area (Å²) < 4.78 is 42.2. The fourth-order valence-electron chi connectivity index (χ4n) is 15.3. The molecule has 4 saturated carbocycles. The molecule has 0 amide bonds. The normalized spacial score (nSPS) is 55.8. The summed E-state index contributed by atoms with van der Waals surface area (Å²) in [6.07, 6.45) is -14.5. The third kappa shape index (κ3) is 7.74. The lowest BCUT2D eigenvalue weighted by Gasteiger charge is -2.73. The quantitative estimate of drug-likeness (QED) is 0.0949. The Morgan fingerprint density at radius 3 is 1.86 bits per heavy atom. The molecule has 0 bridgehead atoms. The molecule has 66 heavy (non-hydrogen) atoms. The van der Waals surface area contributed by atoms with E-state index in [0.717, 1.165) is 32.1 Å². The molecule has 0 aromatic rings. The van der Waals surface area contributed by atoms with Crippen LogP contribution in [-0.4, -0.2) is 194 Å². The van der Waals surface area contributed by atoms with Gasteiger partial charge in [-0.2, -0.15) is 0 Å². The van der Waals surface area contributed by atoms with Gasteiger partial charge in [-0.3, -0.25) is 0 Å². The lowest BCUT2D eigenvalue weighted by molar-refractivity contribution is -0.374. The van der Waals surface area contributed by atoms with Crippen LogP contribution in [0.15, 0.2) is 11.6 Å². The van der Waals surface area contributed by atoms with Crippen molar-refractivity contribution < 1.29 is 89.3 Å². The number of allylic oxidation sites excluding steroid dienone is 1. The highest BCUT2D eigenvalue weighted by Crippen LogP contribution is 2.76. The maximum atomic E-state index is 12.2. The monoisotopic (exact) mass is 945 g/mol. The summed E-state index contributed by atoms with van der Waals surface area (Å²) in [7, 11) is 1.76. The Kier molecular flexibility index (Phi) is 14.2. The molecule has 3 aliphatic heterocycles. The van der Waals surface area contributed by atoms with Crippen LogP contribution in [0.3, 0.4) is 0 Å². The first-order valence-electron chi connectivity index (χ1n) is 24.3. The minimum absolute atomic E-state index is 0.00551. The van der Waals surface area contributed by atoms with Gasteiger partial charge in [0.2, 0.25) is 0 Å². The molecular weight excluding hydrogens is 865 g/mol. The van der Waals surface area contributed by atoms with Crippen molar-refractivity contribution in [3.8, 4) is 0 Å². The Balaban J connectivity index is 1.01. The average Bonchev–Trinajstić information content (AvgIpc) is 3.55. The van der Waals surface area contributed by atoms with Crippen molar-refractivity contribution in [2.24, 2.45) is 50.2 Å². The van der Waals surface area contributed by atoms with E-state index in [-0.39, 0.29) is 58.7 Å². The van der Waals surface area contributed by atoms with Gasteiger partial charge < -0.3 is 89.3 Å². The number of methoxy groups -OCH3 is 1. The highest BCUT2D eigenvalue weighted by Gasteiger charge is 2.72. The standard InChI is InChI=1S/C48H80O18/c1-22-31(54)38(66-41-35(58)33(56)37(27(19-50)63-41)65-40-34(57)32(55)26(18-49)62-40)36(59)42(61-22)64-30-10-11-44(4)28(45(30,5)20-51)9-12-46(6)39(44)25(60-8)15-23-24-16-43(2,3)13-14-48(24,21-52)29(53)17-47(23,46)7/h15,22,24-42,49-59H,9-14,16-21H2,1-8H3. The minimum Gasteiger partial charge on any atom is -0.396 e. The molecule has 18 nitrogen and oxygen atoms in total. The smallest absolute Gasteiger partial charge is 0.187 e. The molecule has 18 heteroatoms. The van der Waals surface area contributed by atoms with Crippen molar-refractivity contribution in [2.75, 3.05) is 33.5 Å². The van der Waals surface area contributed by atoms with E-state index in [1.54, 1.807) is 14.0 Å². The first-order valence-corrected chi connectivity index (χ1v) is 24.3. The summed E-state index contributed by atoms with van der Waals surface area (Å²) >= 11 is 0. The Morgan fingerprint density at radius 2 is 1.26 bits per heavy atom. The van der Waals surface area contributed by atoms with Crippen LogP contribution in [0.5, 0.6) is 0 Å². The molecule has 7 fully saturated rings. The molecule has 0 spiro atoms. The fraction of sp³-hybridized carbons (Fsp3) is 0.958. The van der Waals surface area contributed by atoms with Gasteiger partial charge in [0.25, 0.3) is 0 Å². The Labute approximate surface area is 388 Å². The second-order valence-corrected chi connectivity index (χ2v) is 23.3. The average molecular weight is 945 g/mol. The summed E-state index contributed by atoms with van der Waals surface area (Å²) in [5.41, 5.74) is -1.16. The van der Waals surface area contributed by atoms with Gasteiger partial charge in [-0.15, -0.1) is 0 Å². The molecule has 3 saturated heterocycles. The predicted octanol–water partition coefficient (Wildman–Crippen LogP) is -0.151. The molecule has 11 N–H and O–H groups in total. The van der Waals surface area contributed by atoms with Crippen molar-refractivity contribution in [2.45, 2.75) is 204 Å². The second-order valence-electron chi connectivity index (χ2n) is 23.3. The molecule has 0 radical (unpaired) electrons. The maximum Gasteiger partial charge on any atom is 0.187 e. The molecule has 3 heterocycles. The second kappa shape index (κ2) is 18.3. The van der Waals surface area contributed by atoms with Crippen LogP contribution >= 0.6 is 0 Å². The van der Waals surface area contributed by atoms with Gasteiger partial charge in [-0.05, 0) is 91.8 Å². The van der Waals surface area contributed by atoms with Gasteiger partial charge in [-0.1, -0.05) is 53.2 Å². The number of aliphatic hydroxyl groups excluding tert-OH is 11. The van der Waals surface area contributed by atoms with Gasteiger partial charge in [-0.25, -0.2) is 0 Å². The van der Waals surface area contributed by atoms with Crippen molar-refractivity contribution in [3.63, 3.8) is 0 Å². The predicted molar refractivity (Wildman–Crippen MR) is 232 cm³/mol. The van der Waals surface area contributed by atoms with Crippen molar-refractivity contribution in [1.82, 2.24) is 0 Å². The van der Waals surface area contributed by atoms with Crippen LogP contribution in [0, 0.1) is 50.2 Å². The Bertz CT molecular complexity index is 1750. The van der Waals surface area contributed by atoms with E-state index in [4.69, 9.17) is 33.2 Å². The number of ether oxygens (including phenoxy) is 7. The van der Waals surface area contributed by atoms with E-state index >= 15 is 0 Å². The molecule has 25 atom stereocenters. The first kappa shape index (κ1) is 51.4. The third-order valence-electron chi connectivity index (χ3n) is 19.4. The molecule has 8 rings (SSSR count). The molecule has 0 aromatic heterocycles. The molecule has 25 unspecified atom stereocenters. The molecule has 380 valence electrons. The number of hydrogen-bond acceptors (Lipinski definition) is 18. The van der Waals surface area contributed by atoms with E-state index in [1.807, 2.05) is 6.92 Å². The maximum absolute atomic E-state index is 12.2. The lowest BCUT2D eigenvalue weighted by atomic mass is 9.32. The van der Waals surface area contributed by atoms with E-state index in [0.29, 0.717) is 19.3 Å². The minimum atomic E-state index is -1.87. The van der Waals surface area contributed by atoms with Gasteiger partial charge in [0.15, 0.2) is 18.9 Å². The van der Waals surface area contributed by atoms with Gasteiger partial charge >= 0.3 is 0 Å². The summed E-state index contributed by atoms with van der Waals surface area (Å²) in [5, 5.41) is 121. The fourth-order valence-corrected chi connectivity index (χ4v) is 15.3. The van der Waals surface area contributed by atoms with E-state index < -0.39 is 122 Å². The Morgan fingerprint density at radius 1 is 0.636 bits per heavy atom. The third-order valence-corrected chi connectivity index (χ3v) is 19.4. The summed E-state index contributed by atoms with van der Waals surface area (Å²) in [6, 6.07) is 0. The van der Waals surface area contributed by atoms with E-state index in [9.17, 15) is 56.2 Å². The zero-order valence-electron chi connectivity index (χ0n) is 39.9. The van der Waals surface area contributed by atoms with E-state index in [1.165, 1.54) is 5.57 Å². The summed E-state index contributed by atoms with van der Waals surface area (Å²) in [5.74, 6) is -0.0785. The van der Waals surface area contributed by atoms with Gasteiger partial charge in [0.05, 0.1) is 50.8 Å².